The number of carbonyl (C=O) groups excluding carboxylic acids is 2. The summed E-state index contributed by atoms with van der Waals surface area (Å²) in [6, 6.07) is 14.5. The molecule has 3 rings (SSSR count). The molecule has 0 bridgehead atoms. The smallest absolute Gasteiger partial charge is 0.340 e. The molecule has 0 aliphatic rings. The molecule has 1 N–H and O–H groups in total. The predicted octanol–water partition coefficient (Wildman–Crippen LogP) is 4.63. The lowest BCUT2D eigenvalue weighted by Gasteiger charge is -2.25. The summed E-state index contributed by atoms with van der Waals surface area (Å²) < 4.78 is 43.1. The largest absolute Gasteiger partial charge is 0.493 e. The fraction of sp³-hybridized carbons (Fsp3) is 0.167. The number of hydrogen-bond donors (Lipinski definition) is 1. The number of methoxy groups -OCH3 is 3. The standard InChI is InChI=1S/C24H22Cl2N2O7S/c1-33-21-12-17(24(30)35-3)19(13-22(21)34-2)27-23(29)14-28(20-11-15(25)9-10-18(20)26)36(31,32)16-7-5-4-6-8-16/h4-13H,14H2,1-3H3,(H,27,29). The SMILES string of the molecule is COC(=O)c1cc(OC)c(OC)cc1NC(=O)CN(c1cc(Cl)ccc1Cl)S(=O)(=O)c1ccccc1. The third kappa shape index (κ3) is 5.84. The Labute approximate surface area is 218 Å². The Kier molecular flexibility index (Phi) is 8.67. The average molecular weight is 553 g/mol. The van der Waals surface area contributed by atoms with Crippen LogP contribution in [0.4, 0.5) is 11.4 Å². The number of amides is 1. The van der Waals surface area contributed by atoms with Gasteiger partial charge >= 0.3 is 5.97 Å². The van der Waals surface area contributed by atoms with Crippen LogP contribution >= 0.6 is 23.2 Å². The first kappa shape index (κ1) is 27.1. The lowest BCUT2D eigenvalue weighted by molar-refractivity contribution is -0.114. The number of sulfonamides is 1. The van der Waals surface area contributed by atoms with E-state index in [-0.39, 0.29) is 43.4 Å². The fourth-order valence-electron chi connectivity index (χ4n) is 3.28. The van der Waals surface area contributed by atoms with E-state index in [0.717, 1.165) is 4.31 Å². The van der Waals surface area contributed by atoms with Crippen LogP contribution in [0.5, 0.6) is 11.5 Å². The van der Waals surface area contributed by atoms with Crippen molar-refractivity contribution in [1.82, 2.24) is 0 Å². The van der Waals surface area contributed by atoms with Gasteiger partial charge in [0.1, 0.15) is 6.54 Å². The van der Waals surface area contributed by atoms with Crippen molar-refractivity contribution >= 4 is 56.5 Å². The van der Waals surface area contributed by atoms with Crippen molar-refractivity contribution in [3.8, 4) is 11.5 Å². The maximum atomic E-state index is 13.5. The summed E-state index contributed by atoms with van der Waals surface area (Å²) in [5.41, 5.74) is 0.00387. The minimum Gasteiger partial charge on any atom is -0.493 e. The molecule has 0 radical (unpaired) electrons. The number of halogens is 2. The number of anilines is 2. The van der Waals surface area contributed by atoms with Crippen molar-refractivity contribution < 1.29 is 32.2 Å². The van der Waals surface area contributed by atoms with Crippen molar-refractivity contribution in [2.75, 3.05) is 37.5 Å². The zero-order valence-electron chi connectivity index (χ0n) is 19.4. The number of nitrogens with one attached hydrogen (secondary N) is 1. The van der Waals surface area contributed by atoms with Gasteiger partial charge in [-0.25, -0.2) is 13.2 Å². The van der Waals surface area contributed by atoms with Crippen LogP contribution in [0, 0.1) is 0 Å². The number of carbonyl (C=O) groups is 2. The number of ether oxygens (including phenoxy) is 3. The van der Waals surface area contributed by atoms with Gasteiger partial charge in [0.05, 0.1) is 48.2 Å². The molecule has 9 nitrogen and oxygen atoms in total. The first-order valence-corrected chi connectivity index (χ1v) is 12.5. The Bertz CT molecular complexity index is 1380. The molecule has 0 fully saturated rings. The highest BCUT2D eigenvalue weighted by Gasteiger charge is 2.29. The van der Waals surface area contributed by atoms with E-state index in [4.69, 9.17) is 37.4 Å². The van der Waals surface area contributed by atoms with Gasteiger partial charge in [0.25, 0.3) is 10.0 Å². The van der Waals surface area contributed by atoms with Gasteiger partial charge in [-0.1, -0.05) is 41.4 Å². The first-order chi connectivity index (χ1) is 17.1. The van der Waals surface area contributed by atoms with Gasteiger partial charge in [0, 0.05) is 17.2 Å². The number of nitrogens with zero attached hydrogens (tertiary/aromatic N) is 1. The van der Waals surface area contributed by atoms with Gasteiger partial charge in [-0.15, -0.1) is 0 Å². The molecule has 3 aromatic carbocycles. The van der Waals surface area contributed by atoms with E-state index in [2.05, 4.69) is 5.32 Å². The molecule has 12 heteroatoms. The van der Waals surface area contributed by atoms with Gasteiger partial charge < -0.3 is 19.5 Å². The molecule has 3 aromatic rings. The Morgan fingerprint density at radius 2 is 1.56 bits per heavy atom. The summed E-state index contributed by atoms with van der Waals surface area (Å²) in [7, 11) is -0.289. The van der Waals surface area contributed by atoms with Crippen molar-refractivity contribution in [2.24, 2.45) is 0 Å². The molecule has 0 saturated carbocycles. The molecule has 0 aliphatic heterocycles. The lowest BCUT2D eigenvalue weighted by atomic mass is 10.1. The van der Waals surface area contributed by atoms with Crippen molar-refractivity contribution in [1.29, 1.82) is 0 Å². The van der Waals surface area contributed by atoms with E-state index >= 15 is 0 Å². The normalized spacial score (nSPS) is 10.9. The molecule has 0 aliphatic carbocycles. The van der Waals surface area contributed by atoms with Crippen LogP contribution in [0.25, 0.3) is 0 Å². The molecular weight excluding hydrogens is 531 g/mol. The van der Waals surface area contributed by atoms with Gasteiger partial charge in [-0.3, -0.25) is 9.10 Å². The van der Waals surface area contributed by atoms with Crippen LogP contribution in [0.2, 0.25) is 10.0 Å². The fourth-order valence-corrected chi connectivity index (χ4v) is 5.17. The Hall–Kier alpha value is -3.47. The molecular formula is C24H22Cl2N2O7S. The Balaban J connectivity index is 2.05. The van der Waals surface area contributed by atoms with Gasteiger partial charge in [0.15, 0.2) is 11.5 Å². The molecule has 0 spiro atoms. The second kappa shape index (κ2) is 11.5. The number of benzene rings is 3. The zero-order valence-corrected chi connectivity index (χ0v) is 21.8. The minimum absolute atomic E-state index is 0.00340. The van der Waals surface area contributed by atoms with E-state index in [1.807, 2.05) is 0 Å². The minimum atomic E-state index is -4.24. The van der Waals surface area contributed by atoms with Crippen molar-refractivity contribution in [3.05, 3.63) is 76.3 Å². The monoisotopic (exact) mass is 552 g/mol. The molecule has 0 saturated heterocycles. The predicted molar refractivity (Wildman–Crippen MR) is 137 cm³/mol. The summed E-state index contributed by atoms with van der Waals surface area (Å²) in [5, 5.41) is 2.83. The van der Waals surface area contributed by atoms with E-state index in [1.54, 1.807) is 18.2 Å². The molecule has 0 atom stereocenters. The summed E-state index contributed by atoms with van der Waals surface area (Å²) in [4.78, 5) is 25.5. The Morgan fingerprint density at radius 1 is 0.917 bits per heavy atom. The van der Waals surface area contributed by atoms with Crippen LogP contribution in [0.3, 0.4) is 0 Å². The highest BCUT2D eigenvalue weighted by molar-refractivity contribution is 7.92. The van der Waals surface area contributed by atoms with Crippen LogP contribution in [-0.4, -0.2) is 48.2 Å². The van der Waals surface area contributed by atoms with Crippen LogP contribution in [0.1, 0.15) is 10.4 Å². The molecule has 0 unspecified atom stereocenters. The van der Waals surface area contributed by atoms with E-state index < -0.39 is 28.4 Å². The summed E-state index contributed by atoms with van der Waals surface area (Å²) in [6.07, 6.45) is 0. The molecule has 190 valence electrons. The summed E-state index contributed by atoms with van der Waals surface area (Å²) in [6.45, 7) is -0.688. The Morgan fingerprint density at radius 3 is 2.17 bits per heavy atom. The quantitative estimate of drug-likeness (QED) is 0.385. The molecule has 36 heavy (non-hydrogen) atoms. The molecule has 1 amide bonds. The maximum absolute atomic E-state index is 13.5. The molecule has 0 heterocycles. The second-order valence-corrected chi connectivity index (χ2v) is 9.92. The van der Waals surface area contributed by atoms with Crippen molar-refractivity contribution in [2.45, 2.75) is 4.90 Å². The summed E-state index contributed by atoms with van der Waals surface area (Å²) in [5.74, 6) is -1.07. The van der Waals surface area contributed by atoms with Crippen molar-refractivity contribution in [3.63, 3.8) is 0 Å². The number of esters is 1. The van der Waals surface area contributed by atoms with Crippen LogP contribution in [0.15, 0.2) is 65.6 Å². The van der Waals surface area contributed by atoms with Crippen LogP contribution < -0.4 is 19.1 Å². The number of hydrogen-bond acceptors (Lipinski definition) is 7. The average Bonchev–Trinajstić information content (AvgIpc) is 2.88. The van der Waals surface area contributed by atoms with E-state index in [0.29, 0.717) is 0 Å². The van der Waals surface area contributed by atoms with Gasteiger partial charge in [-0.05, 0) is 30.3 Å². The van der Waals surface area contributed by atoms with Gasteiger partial charge in [0.2, 0.25) is 5.91 Å². The van der Waals surface area contributed by atoms with Gasteiger partial charge in [-0.2, -0.15) is 0 Å². The van der Waals surface area contributed by atoms with Crippen LogP contribution in [-0.2, 0) is 19.6 Å². The second-order valence-electron chi connectivity index (χ2n) is 7.21. The highest BCUT2D eigenvalue weighted by Crippen LogP contribution is 2.35. The highest BCUT2D eigenvalue weighted by atomic mass is 35.5. The third-order valence-corrected chi connectivity index (χ3v) is 7.33. The number of rotatable bonds is 9. The first-order valence-electron chi connectivity index (χ1n) is 10.3. The van der Waals surface area contributed by atoms with E-state index in [9.17, 15) is 18.0 Å². The summed E-state index contributed by atoms with van der Waals surface area (Å²) >= 11 is 12.4. The zero-order chi connectivity index (χ0) is 26.5. The third-order valence-electron chi connectivity index (χ3n) is 5.00. The van der Waals surface area contributed by atoms with E-state index in [1.165, 1.54) is 63.8 Å². The maximum Gasteiger partial charge on any atom is 0.340 e. The topological polar surface area (TPSA) is 111 Å². The molecule has 0 aromatic heterocycles. The lowest BCUT2D eigenvalue weighted by Crippen LogP contribution is -2.38.